The van der Waals surface area contributed by atoms with Gasteiger partial charge in [0.2, 0.25) is 0 Å². The van der Waals surface area contributed by atoms with E-state index in [1.807, 2.05) is 18.2 Å². The number of nitrogens with one attached hydrogen (secondary N) is 3. The van der Waals surface area contributed by atoms with Crippen molar-refractivity contribution in [3.05, 3.63) is 48.5 Å². The molecule has 1 amide bonds. The van der Waals surface area contributed by atoms with Crippen LogP contribution in [-0.4, -0.2) is 99.0 Å². The quantitative estimate of drug-likeness (QED) is 0.251. The number of piperidine rings is 1. The second-order valence-corrected chi connectivity index (χ2v) is 11.6. The molecule has 0 unspecified atom stereocenters. The number of likely N-dealkylation sites (N-methyl/N-ethyl adjacent to an activating group) is 1. The summed E-state index contributed by atoms with van der Waals surface area (Å²) >= 11 is 0. The summed E-state index contributed by atoms with van der Waals surface area (Å²) in [6.45, 7) is 6.77. The number of benzene rings is 1. The van der Waals surface area contributed by atoms with Crippen LogP contribution in [0.15, 0.2) is 42.9 Å². The molecule has 7 rings (SSSR count). The molecule has 1 saturated carbocycles. The zero-order valence-electron chi connectivity index (χ0n) is 23.9. The van der Waals surface area contributed by atoms with Gasteiger partial charge in [-0.3, -0.25) is 14.7 Å². The molecule has 5 N–H and O–H groups in total. The smallest absolute Gasteiger partial charge is 0.271 e. The van der Waals surface area contributed by atoms with Gasteiger partial charge in [-0.15, -0.1) is 0 Å². The lowest BCUT2D eigenvalue weighted by Gasteiger charge is -2.42. The second-order valence-electron chi connectivity index (χ2n) is 11.6. The number of primary amides is 1. The SMILES string of the molecule is CN1CCN(C2CCN(c3ccc(Nc4nc(NC5CC5)c(-c5nccc6[nH]cnc56)nc4C(N)=O)cc3)CC2)CC1. The van der Waals surface area contributed by atoms with E-state index in [9.17, 15) is 4.79 Å². The molecule has 5 heterocycles. The summed E-state index contributed by atoms with van der Waals surface area (Å²) in [5.41, 5.74) is 10.3. The minimum absolute atomic E-state index is 0.0516. The van der Waals surface area contributed by atoms with Gasteiger partial charge in [0.05, 0.1) is 11.8 Å². The van der Waals surface area contributed by atoms with E-state index in [1.165, 1.54) is 31.6 Å². The molecule has 4 aromatic rings. The lowest BCUT2D eigenvalue weighted by Crippen LogP contribution is -2.52. The molecule has 2 saturated heterocycles. The number of rotatable bonds is 8. The Bertz CT molecular complexity index is 1570. The Balaban J connectivity index is 1.10. The van der Waals surface area contributed by atoms with E-state index < -0.39 is 5.91 Å². The molecule has 0 spiro atoms. The average molecular weight is 568 g/mol. The molecule has 1 aliphatic carbocycles. The number of nitrogens with zero attached hydrogens (tertiary/aromatic N) is 7. The maximum atomic E-state index is 12.6. The number of nitrogens with two attached hydrogens (primary N) is 1. The first kappa shape index (κ1) is 26.6. The minimum Gasteiger partial charge on any atom is -0.371 e. The number of hydrogen-bond donors (Lipinski definition) is 4. The van der Waals surface area contributed by atoms with E-state index in [4.69, 9.17) is 15.7 Å². The number of H-pyrrole nitrogens is 1. The largest absolute Gasteiger partial charge is 0.371 e. The first-order chi connectivity index (χ1) is 20.5. The Morgan fingerprint density at radius 1 is 0.905 bits per heavy atom. The van der Waals surface area contributed by atoms with Crippen LogP contribution < -0.4 is 21.3 Å². The van der Waals surface area contributed by atoms with Gasteiger partial charge in [0.25, 0.3) is 5.91 Å². The molecule has 3 fully saturated rings. The standard InChI is InChI=1S/C30H37N11O/c1-39-14-16-41(17-15-39)22-9-12-40(13-10-22)21-6-4-20(5-7-21)36-30-27(28(31)42)37-26(29(38-30)35-19-2-3-19)25-24-23(8-11-32-25)33-18-34-24/h4-8,11,18-19,22H,2-3,9-10,12-17H2,1H3,(H2,31,42)(H,33,34)(H2,35,36,38). The van der Waals surface area contributed by atoms with E-state index in [1.54, 1.807) is 12.5 Å². The topological polar surface area (TPSA) is 144 Å². The summed E-state index contributed by atoms with van der Waals surface area (Å²) in [7, 11) is 2.21. The predicted octanol–water partition coefficient (Wildman–Crippen LogP) is 3.05. The molecule has 0 bridgehead atoms. The van der Waals surface area contributed by atoms with Crippen molar-refractivity contribution in [2.24, 2.45) is 5.73 Å². The van der Waals surface area contributed by atoms with Gasteiger partial charge in [0.1, 0.15) is 16.9 Å². The van der Waals surface area contributed by atoms with Crippen LogP contribution in [0.2, 0.25) is 0 Å². The molecule has 0 radical (unpaired) electrons. The Morgan fingerprint density at radius 3 is 2.38 bits per heavy atom. The van der Waals surface area contributed by atoms with Gasteiger partial charge in [-0.1, -0.05) is 0 Å². The van der Waals surface area contributed by atoms with Crippen molar-refractivity contribution in [3.63, 3.8) is 0 Å². The minimum atomic E-state index is -0.668. The molecule has 218 valence electrons. The van der Waals surface area contributed by atoms with Crippen molar-refractivity contribution in [2.75, 3.05) is 61.8 Å². The molecular formula is C30H37N11O. The fraction of sp³-hybridized carbons (Fsp3) is 0.433. The number of hydrogen-bond acceptors (Lipinski definition) is 10. The first-order valence-electron chi connectivity index (χ1n) is 14.8. The highest BCUT2D eigenvalue weighted by molar-refractivity contribution is 5.99. The van der Waals surface area contributed by atoms with E-state index in [0.717, 1.165) is 50.2 Å². The first-order valence-corrected chi connectivity index (χ1v) is 14.8. The highest BCUT2D eigenvalue weighted by atomic mass is 16.1. The summed E-state index contributed by atoms with van der Waals surface area (Å²) in [4.78, 5) is 41.7. The number of anilines is 4. The number of carbonyl (C=O) groups excluding carboxylic acids is 1. The fourth-order valence-electron chi connectivity index (χ4n) is 5.99. The van der Waals surface area contributed by atoms with Gasteiger partial charge in [0, 0.05) is 68.9 Å². The summed E-state index contributed by atoms with van der Waals surface area (Å²) in [6.07, 6.45) is 7.77. The van der Waals surface area contributed by atoms with Gasteiger partial charge in [-0.25, -0.2) is 15.0 Å². The summed E-state index contributed by atoms with van der Waals surface area (Å²) in [5.74, 6) is 0.190. The molecule has 12 nitrogen and oxygen atoms in total. The average Bonchev–Trinajstić information content (AvgIpc) is 3.69. The van der Waals surface area contributed by atoms with Crippen LogP contribution in [-0.2, 0) is 0 Å². The van der Waals surface area contributed by atoms with Gasteiger partial charge < -0.3 is 31.2 Å². The van der Waals surface area contributed by atoms with Crippen molar-refractivity contribution in [2.45, 2.75) is 37.8 Å². The maximum Gasteiger partial charge on any atom is 0.271 e. The van der Waals surface area contributed by atoms with Crippen LogP contribution in [0.3, 0.4) is 0 Å². The van der Waals surface area contributed by atoms with Crippen LogP contribution in [0.25, 0.3) is 22.4 Å². The molecule has 0 atom stereocenters. The van der Waals surface area contributed by atoms with E-state index in [-0.39, 0.29) is 5.69 Å². The Hall–Kier alpha value is -4.29. The third-order valence-corrected chi connectivity index (χ3v) is 8.62. The fourth-order valence-corrected chi connectivity index (χ4v) is 5.99. The molecule has 2 aliphatic heterocycles. The summed E-state index contributed by atoms with van der Waals surface area (Å²) in [6, 6.07) is 11.1. The van der Waals surface area contributed by atoms with E-state index >= 15 is 0 Å². The Morgan fingerprint density at radius 2 is 1.67 bits per heavy atom. The van der Waals surface area contributed by atoms with Crippen LogP contribution in [0, 0.1) is 0 Å². The lowest BCUT2D eigenvalue weighted by molar-refractivity contribution is 0.0982. The molecule has 3 aromatic heterocycles. The number of fused-ring (bicyclic) bond motifs is 1. The van der Waals surface area contributed by atoms with Crippen LogP contribution in [0.1, 0.15) is 36.2 Å². The molecule has 3 aliphatic rings. The van der Waals surface area contributed by atoms with Crippen molar-refractivity contribution in [1.29, 1.82) is 0 Å². The van der Waals surface area contributed by atoms with Gasteiger partial charge in [0.15, 0.2) is 17.3 Å². The third-order valence-electron chi connectivity index (χ3n) is 8.62. The van der Waals surface area contributed by atoms with Gasteiger partial charge >= 0.3 is 0 Å². The van der Waals surface area contributed by atoms with Gasteiger partial charge in [-0.05, 0) is 63.1 Å². The second kappa shape index (κ2) is 11.2. The molecule has 42 heavy (non-hydrogen) atoms. The number of aromatic nitrogens is 5. The summed E-state index contributed by atoms with van der Waals surface area (Å²) < 4.78 is 0. The number of aromatic amines is 1. The number of imidazole rings is 1. The Labute approximate surface area is 244 Å². The van der Waals surface area contributed by atoms with Crippen molar-refractivity contribution in [1.82, 2.24) is 34.7 Å². The Kier molecular flexibility index (Phi) is 7.08. The monoisotopic (exact) mass is 567 g/mol. The maximum absolute atomic E-state index is 12.6. The molecular weight excluding hydrogens is 530 g/mol. The zero-order valence-corrected chi connectivity index (χ0v) is 23.9. The number of pyridine rings is 1. The molecule has 1 aromatic carbocycles. The normalized spacial score (nSPS) is 18.8. The predicted molar refractivity (Wildman–Crippen MR) is 164 cm³/mol. The van der Waals surface area contributed by atoms with Crippen LogP contribution >= 0.6 is 0 Å². The van der Waals surface area contributed by atoms with E-state index in [2.05, 4.69) is 59.5 Å². The molecule has 12 heteroatoms. The van der Waals surface area contributed by atoms with Crippen LogP contribution in [0.5, 0.6) is 0 Å². The number of carbonyl (C=O) groups is 1. The zero-order chi connectivity index (χ0) is 28.6. The highest BCUT2D eigenvalue weighted by Gasteiger charge is 2.28. The lowest BCUT2D eigenvalue weighted by atomic mass is 10.0. The van der Waals surface area contributed by atoms with Gasteiger partial charge in [-0.2, -0.15) is 0 Å². The van der Waals surface area contributed by atoms with E-state index in [0.29, 0.717) is 40.6 Å². The van der Waals surface area contributed by atoms with Crippen LogP contribution in [0.4, 0.5) is 23.0 Å². The number of piperazine rings is 1. The van der Waals surface area contributed by atoms with Crippen molar-refractivity contribution >= 4 is 40.0 Å². The third kappa shape index (κ3) is 5.47. The highest BCUT2D eigenvalue weighted by Crippen LogP contribution is 2.34. The van der Waals surface area contributed by atoms with Crippen molar-refractivity contribution in [3.8, 4) is 11.4 Å². The van der Waals surface area contributed by atoms with Crippen molar-refractivity contribution < 1.29 is 4.79 Å². The number of amides is 1. The summed E-state index contributed by atoms with van der Waals surface area (Å²) in [5, 5.41) is 6.75.